The SMILES string of the molecule is CC(C)(CNC(=O)C1CCCNC1)c1ccc(F)cc1Cl.Cl. The van der Waals surface area contributed by atoms with Crippen LogP contribution in [0.2, 0.25) is 5.02 Å². The number of hydrogen-bond acceptors (Lipinski definition) is 2. The van der Waals surface area contributed by atoms with Gasteiger partial charge < -0.3 is 10.6 Å². The van der Waals surface area contributed by atoms with Crippen LogP contribution in [0.15, 0.2) is 18.2 Å². The number of benzene rings is 1. The van der Waals surface area contributed by atoms with Gasteiger partial charge in [0.05, 0.1) is 5.92 Å². The summed E-state index contributed by atoms with van der Waals surface area (Å²) < 4.78 is 13.1. The Bertz CT molecular complexity index is 517. The van der Waals surface area contributed by atoms with E-state index in [-0.39, 0.29) is 35.5 Å². The highest BCUT2D eigenvalue weighted by Crippen LogP contribution is 2.30. The maximum Gasteiger partial charge on any atom is 0.224 e. The van der Waals surface area contributed by atoms with E-state index in [4.69, 9.17) is 11.6 Å². The molecule has 1 aliphatic heterocycles. The van der Waals surface area contributed by atoms with E-state index < -0.39 is 0 Å². The largest absolute Gasteiger partial charge is 0.355 e. The zero-order valence-corrected chi connectivity index (χ0v) is 14.5. The molecule has 0 saturated carbocycles. The highest BCUT2D eigenvalue weighted by atomic mass is 35.5. The first-order valence-corrected chi connectivity index (χ1v) is 7.72. The topological polar surface area (TPSA) is 41.1 Å². The van der Waals surface area contributed by atoms with E-state index in [0.717, 1.165) is 31.5 Å². The van der Waals surface area contributed by atoms with Crippen molar-refractivity contribution in [2.24, 2.45) is 5.92 Å². The number of piperidine rings is 1. The lowest BCUT2D eigenvalue weighted by Crippen LogP contribution is -2.44. The molecule has 124 valence electrons. The van der Waals surface area contributed by atoms with Crippen molar-refractivity contribution >= 4 is 29.9 Å². The van der Waals surface area contributed by atoms with Gasteiger partial charge in [-0.05, 0) is 37.1 Å². The smallest absolute Gasteiger partial charge is 0.224 e. The Labute approximate surface area is 142 Å². The molecular weight excluding hydrogens is 326 g/mol. The van der Waals surface area contributed by atoms with E-state index in [1.165, 1.54) is 12.1 Å². The quantitative estimate of drug-likeness (QED) is 0.876. The molecule has 0 spiro atoms. The molecular formula is C16H23Cl2FN2O. The molecule has 2 rings (SSSR count). The van der Waals surface area contributed by atoms with E-state index in [1.54, 1.807) is 6.07 Å². The van der Waals surface area contributed by atoms with Crippen molar-refractivity contribution in [1.29, 1.82) is 0 Å². The molecule has 1 aromatic carbocycles. The molecule has 1 unspecified atom stereocenters. The van der Waals surface area contributed by atoms with Gasteiger partial charge in [-0.2, -0.15) is 0 Å². The van der Waals surface area contributed by atoms with Crippen molar-refractivity contribution in [3.63, 3.8) is 0 Å². The van der Waals surface area contributed by atoms with Gasteiger partial charge in [0.2, 0.25) is 5.91 Å². The fourth-order valence-corrected chi connectivity index (χ4v) is 3.08. The van der Waals surface area contributed by atoms with Crippen LogP contribution in [-0.4, -0.2) is 25.5 Å². The molecule has 1 atom stereocenters. The van der Waals surface area contributed by atoms with E-state index in [0.29, 0.717) is 11.6 Å². The predicted molar refractivity (Wildman–Crippen MR) is 90.3 cm³/mol. The van der Waals surface area contributed by atoms with Gasteiger partial charge in [0.1, 0.15) is 5.82 Å². The van der Waals surface area contributed by atoms with Crippen LogP contribution in [0.5, 0.6) is 0 Å². The summed E-state index contributed by atoms with van der Waals surface area (Å²) in [4.78, 5) is 12.2. The first-order valence-electron chi connectivity index (χ1n) is 7.34. The third-order valence-electron chi connectivity index (χ3n) is 4.03. The summed E-state index contributed by atoms with van der Waals surface area (Å²) >= 11 is 6.12. The minimum Gasteiger partial charge on any atom is -0.355 e. The first-order chi connectivity index (χ1) is 9.90. The van der Waals surface area contributed by atoms with Gasteiger partial charge in [0.25, 0.3) is 0 Å². The van der Waals surface area contributed by atoms with Gasteiger partial charge >= 0.3 is 0 Å². The van der Waals surface area contributed by atoms with Crippen LogP contribution < -0.4 is 10.6 Å². The van der Waals surface area contributed by atoms with E-state index in [2.05, 4.69) is 10.6 Å². The molecule has 1 amide bonds. The van der Waals surface area contributed by atoms with E-state index in [9.17, 15) is 9.18 Å². The lowest BCUT2D eigenvalue weighted by molar-refractivity contribution is -0.125. The van der Waals surface area contributed by atoms with Gasteiger partial charge in [0.15, 0.2) is 0 Å². The Morgan fingerprint density at radius 2 is 2.23 bits per heavy atom. The Balaban J connectivity index is 0.00000242. The second-order valence-electron chi connectivity index (χ2n) is 6.27. The summed E-state index contributed by atoms with van der Waals surface area (Å²) in [6.07, 6.45) is 1.96. The summed E-state index contributed by atoms with van der Waals surface area (Å²) in [6.45, 7) is 6.19. The van der Waals surface area contributed by atoms with Crippen LogP contribution in [0.1, 0.15) is 32.3 Å². The van der Waals surface area contributed by atoms with E-state index in [1.807, 2.05) is 13.8 Å². The zero-order chi connectivity index (χ0) is 15.5. The number of amides is 1. The second kappa shape index (κ2) is 8.14. The van der Waals surface area contributed by atoms with Crippen molar-refractivity contribution in [1.82, 2.24) is 10.6 Å². The highest BCUT2D eigenvalue weighted by Gasteiger charge is 2.27. The van der Waals surface area contributed by atoms with Gasteiger partial charge in [-0.15, -0.1) is 12.4 Å². The molecule has 0 radical (unpaired) electrons. The summed E-state index contributed by atoms with van der Waals surface area (Å²) in [5.41, 5.74) is 0.496. The summed E-state index contributed by atoms with van der Waals surface area (Å²) in [7, 11) is 0. The average Bonchev–Trinajstić information content (AvgIpc) is 2.45. The lowest BCUT2D eigenvalue weighted by Gasteiger charge is -2.29. The second-order valence-corrected chi connectivity index (χ2v) is 6.68. The lowest BCUT2D eigenvalue weighted by atomic mass is 9.84. The van der Waals surface area contributed by atoms with Crippen molar-refractivity contribution in [3.05, 3.63) is 34.6 Å². The van der Waals surface area contributed by atoms with Gasteiger partial charge in [-0.3, -0.25) is 4.79 Å². The van der Waals surface area contributed by atoms with E-state index >= 15 is 0 Å². The normalized spacial score (nSPS) is 18.5. The molecule has 1 saturated heterocycles. The molecule has 1 fully saturated rings. The van der Waals surface area contributed by atoms with Crippen LogP contribution in [0.25, 0.3) is 0 Å². The molecule has 2 N–H and O–H groups in total. The number of carbonyl (C=O) groups is 1. The molecule has 1 aliphatic rings. The first kappa shape index (κ1) is 19.2. The van der Waals surface area contributed by atoms with Gasteiger partial charge in [-0.1, -0.05) is 31.5 Å². The van der Waals surface area contributed by atoms with Crippen LogP contribution in [0, 0.1) is 11.7 Å². The fraction of sp³-hybridized carbons (Fsp3) is 0.562. The molecule has 3 nitrogen and oxygen atoms in total. The third-order valence-corrected chi connectivity index (χ3v) is 4.35. The average molecular weight is 349 g/mol. The van der Waals surface area contributed by atoms with Crippen LogP contribution >= 0.6 is 24.0 Å². The van der Waals surface area contributed by atoms with Gasteiger partial charge in [0, 0.05) is 23.5 Å². The highest BCUT2D eigenvalue weighted by molar-refractivity contribution is 6.31. The number of nitrogens with one attached hydrogen (secondary N) is 2. The molecule has 22 heavy (non-hydrogen) atoms. The van der Waals surface area contributed by atoms with Crippen LogP contribution in [0.3, 0.4) is 0 Å². The number of halogens is 3. The van der Waals surface area contributed by atoms with Crippen molar-refractivity contribution in [2.75, 3.05) is 19.6 Å². The Morgan fingerprint density at radius 1 is 1.50 bits per heavy atom. The van der Waals surface area contributed by atoms with Crippen LogP contribution in [0.4, 0.5) is 4.39 Å². The minimum atomic E-state index is -0.350. The Kier molecular flexibility index (Phi) is 7.10. The third kappa shape index (κ3) is 4.83. The fourth-order valence-electron chi connectivity index (χ4n) is 2.66. The molecule has 6 heteroatoms. The molecule has 0 aromatic heterocycles. The maximum absolute atomic E-state index is 13.1. The van der Waals surface area contributed by atoms with Crippen LogP contribution in [-0.2, 0) is 10.2 Å². The summed E-state index contributed by atoms with van der Waals surface area (Å²) in [5, 5.41) is 6.63. The number of carbonyl (C=O) groups excluding carboxylic acids is 1. The van der Waals surface area contributed by atoms with Crippen molar-refractivity contribution in [2.45, 2.75) is 32.1 Å². The molecule has 1 heterocycles. The Hall–Kier alpha value is -0.840. The predicted octanol–water partition coefficient (Wildman–Crippen LogP) is 3.29. The monoisotopic (exact) mass is 348 g/mol. The minimum absolute atomic E-state index is 0. The summed E-state index contributed by atoms with van der Waals surface area (Å²) in [5.74, 6) is -0.233. The van der Waals surface area contributed by atoms with Crippen molar-refractivity contribution < 1.29 is 9.18 Å². The number of rotatable bonds is 4. The van der Waals surface area contributed by atoms with Crippen molar-refractivity contribution in [3.8, 4) is 0 Å². The molecule has 0 bridgehead atoms. The molecule has 0 aliphatic carbocycles. The maximum atomic E-state index is 13.1. The Morgan fingerprint density at radius 3 is 2.82 bits per heavy atom. The standard InChI is InChI=1S/C16H22ClFN2O.ClH/c1-16(2,13-6-5-12(18)8-14(13)17)10-20-15(21)11-4-3-7-19-9-11;/h5-6,8,11,19H,3-4,7,9-10H2,1-2H3,(H,20,21);1H. The summed E-state index contributed by atoms with van der Waals surface area (Å²) in [6, 6.07) is 4.40. The zero-order valence-electron chi connectivity index (χ0n) is 12.9. The van der Waals surface area contributed by atoms with Gasteiger partial charge in [-0.25, -0.2) is 4.39 Å². The number of hydrogen-bond donors (Lipinski definition) is 2. The molecule has 1 aromatic rings.